The molecule has 0 unspecified atom stereocenters. The monoisotopic (exact) mass is 306 g/mol. The summed E-state index contributed by atoms with van der Waals surface area (Å²) in [6.45, 7) is 1.57. The van der Waals surface area contributed by atoms with Gasteiger partial charge in [0.05, 0.1) is 11.3 Å². The minimum Gasteiger partial charge on any atom is -0.507 e. The first-order valence-electron chi connectivity index (χ1n) is 6.07. The van der Waals surface area contributed by atoms with Crippen LogP contribution in [0.2, 0.25) is 5.02 Å². The van der Waals surface area contributed by atoms with E-state index >= 15 is 0 Å². The van der Waals surface area contributed by atoms with Crippen LogP contribution in [0.25, 0.3) is 0 Å². The van der Waals surface area contributed by atoms with E-state index in [1.165, 1.54) is 24.3 Å². The van der Waals surface area contributed by atoms with E-state index in [1.54, 1.807) is 25.1 Å². The summed E-state index contributed by atoms with van der Waals surface area (Å²) in [5.74, 6) is -1.28. The highest BCUT2D eigenvalue weighted by atomic mass is 35.5. The number of amides is 1. The molecule has 0 bridgehead atoms. The molecule has 0 radical (unpaired) electrons. The van der Waals surface area contributed by atoms with Crippen molar-refractivity contribution in [3.63, 3.8) is 0 Å². The van der Waals surface area contributed by atoms with Crippen molar-refractivity contribution in [1.82, 2.24) is 5.43 Å². The minimum absolute atomic E-state index is 0.00687. The number of phenols is 1. The maximum absolute atomic E-state index is 13.6. The average Bonchev–Trinajstić information content (AvgIpc) is 2.47. The van der Waals surface area contributed by atoms with Crippen LogP contribution in [-0.4, -0.2) is 16.7 Å². The lowest BCUT2D eigenvalue weighted by Crippen LogP contribution is -2.19. The molecule has 108 valence electrons. The van der Waals surface area contributed by atoms with Gasteiger partial charge in [0.25, 0.3) is 5.91 Å². The largest absolute Gasteiger partial charge is 0.507 e. The van der Waals surface area contributed by atoms with E-state index < -0.39 is 11.7 Å². The number of hydrazone groups is 1. The van der Waals surface area contributed by atoms with Gasteiger partial charge in [0.15, 0.2) is 0 Å². The second-order valence-electron chi connectivity index (χ2n) is 4.28. The van der Waals surface area contributed by atoms with Crippen LogP contribution >= 0.6 is 11.6 Å². The number of rotatable bonds is 3. The van der Waals surface area contributed by atoms with Crippen molar-refractivity contribution in [3.05, 3.63) is 64.4 Å². The summed E-state index contributed by atoms with van der Waals surface area (Å²) >= 11 is 5.76. The Balaban J connectivity index is 2.19. The molecule has 2 aromatic rings. The van der Waals surface area contributed by atoms with Crippen LogP contribution in [-0.2, 0) is 0 Å². The predicted molar refractivity (Wildman–Crippen MR) is 79.2 cm³/mol. The molecule has 1 amide bonds. The molecule has 6 heteroatoms. The molecule has 0 heterocycles. The van der Waals surface area contributed by atoms with Crippen molar-refractivity contribution >= 4 is 23.2 Å². The Kier molecular flexibility index (Phi) is 4.55. The van der Waals surface area contributed by atoms with Crippen LogP contribution in [0.4, 0.5) is 4.39 Å². The molecular formula is C15H12ClFN2O2. The Labute approximate surface area is 125 Å². The molecule has 4 nitrogen and oxygen atoms in total. The molecule has 0 saturated carbocycles. The highest BCUT2D eigenvalue weighted by Gasteiger charge is 2.11. The molecule has 0 aliphatic carbocycles. The minimum atomic E-state index is -0.634. The molecule has 0 atom stereocenters. The molecule has 0 spiro atoms. The van der Waals surface area contributed by atoms with Crippen LogP contribution in [0.3, 0.4) is 0 Å². The van der Waals surface area contributed by atoms with E-state index in [-0.39, 0.29) is 16.9 Å². The van der Waals surface area contributed by atoms with E-state index in [1.807, 2.05) is 0 Å². The molecule has 0 saturated heterocycles. The summed E-state index contributed by atoms with van der Waals surface area (Å²) < 4.78 is 13.6. The van der Waals surface area contributed by atoms with E-state index in [0.29, 0.717) is 10.7 Å². The van der Waals surface area contributed by atoms with Gasteiger partial charge in [-0.25, -0.2) is 9.82 Å². The quantitative estimate of drug-likeness (QED) is 0.675. The van der Waals surface area contributed by atoms with Gasteiger partial charge < -0.3 is 5.11 Å². The molecule has 2 N–H and O–H groups in total. The molecule has 0 aliphatic heterocycles. The first-order chi connectivity index (χ1) is 9.99. The number of carbonyl (C=O) groups is 1. The van der Waals surface area contributed by atoms with Gasteiger partial charge in [-0.05, 0) is 31.2 Å². The smallest absolute Gasteiger partial charge is 0.275 e. The highest BCUT2D eigenvalue weighted by Crippen LogP contribution is 2.21. The summed E-state index contributed by atoms with van der Waals surface area (Å²) in [7, 11) is 0. The zero-order chi connectivity index (χ0) is 15.4. The first kappa shape index (κ1) is 15.0. The second kappa shape index (κ2) is 6.37. The number of phenolic OH excluding ortho intramolecular Hbond substituents is 1. The zero-order valence-corrected chi connectivity index (χ0v) is 11.9. The maximum Gasteiger partial charge on any atom is 0.275 e. The normalized spacial score (nSPS) is 11.3. The Bertz CT molecular complexity index is 717. The summed E-state index contributed by atoms with van der Waals surface area (Å²) in [6, 6.07) is 10.2. The topological polar surface area (TPSA) is 61.7 Å². The van der Waals surface area contributed by atoms with Gasteiger partial charge >= 0.3 is 0 Å². The Morgan fingerprint density at radius 2 is 1.95 bits per heavy atom. The van der Waals surface area contributed by atoms with E-state index in [9.17, 15) is 14.3 Å². The van der Waals surface area contributed by atoms with Crippen molar-refractivity contribution < 1.29 is 14.3 Å². The third-order valence-corrected chi connectivity index (χ3v) is 3.03. The Morgan fingerprint density at radius 3 is 2.67 bits per heavy atom. The number of hydrogen-bond acceptors (Lipinski definition) is 3. The summed E-state index contributed by atoms with van der Waals surface area (Å²) in [4.78, 5) is 11.9. The van der Waals surface area contributed by atoms with Crippen molar-refractivity contribution in [2.45, 2.75) is 6.92 Å². The zero-order valence-electron chi connectivity index (χ0n) is 11.1. The molecule has 2 aromatic carbocycles. The van der Waals surface area contributed by atoms with Gasteiger partial charge in [-0.3, -0.25) is 4.79 Å². The number of nitrogens with one attached hydrogen (secondary N) is 1. The molecular weight excluding hydrogens is 295 g/mol. The van der Waals surface area contributed by atoms with Gasteiger partial charge in [-0.15, -0.1) is 0 Å². The summed E-state index contributed by atoms with van der Waals surface area (Å²) in [6.07, 6.45) is 0. The second-order valence-corrected chi connectivity index (χ2v) is 4.72. The van der Waals surface area contributed by atoms with Crippen LogP contribution < -0.4 is 5.43 Å². The van der Waals surface area contributed by atoms with E-state index in [0.717, 1.165) is 0 Å². The van der Waals surface area contributed by atoms with E-state index in [2.05, 4.69) is 10.5 Å². The Morgan fingerprint density at radius 1 is 1.24 bits per heavy atom. The van der Waals surface area contributed by atoms with Crippen molar-refractivity contribution in [2.24, 2.45) is 5.10 Å². The van der Waals surface area contributed by atoms with Crippen LogP contribution in [0.15, 0.2) is 47.6 Å². The number of carbonyl (C=O) groups excluding carboxylic acids is 1. The van der Waals surface area contributed by atoms with Crippen LogP contribution in [0.5, 0.6) is 5.75 Å². The van der Waals surface area contributed by atoms with Crippen molar-refractivity contribution in [3.8, 4) is 5.75 Å². The van der Waals surface area contributed by atoms with Gasteiger partial charge in [0, 0.05) is 10.6 Å². The number of hydrogen-bond donors (Lipinski definition) is 2. The van der Waals surface area contributed by atoms with E-state index in [4.69, 9.17) is 11.6 Å². The third kappa shape index (κ3) is 3.58. The van der Waals surface area contributed by atoms with Crippen molar-refractivity contribution in [1.29, 1.82) is 0 Å². The van der Waals surface area contributed by atoms with Gasteiger partial charge in [0.2, 0.25) is 0 Å². The average molecular weight is 307 g/mol. The van der Waals surface area contributed by atoms with Gasteiger partial charge in [-0.2, -0.15) is 5.10 Å². The maximum atomic E-state index is 13.6. The molecule has 2 rings (SSSR count). The lowest BCUT2D eigenvalue weighted by molar-refractivity contribution is 0.0952. The molecule has 21 heavy (non-hydrogen) atoms. The lowest BCUT2D eigenvalue weighted by atomic mass is 10.1. The number of halogens is 2. The van der Waals surface area contributed by atoms with Gasteiger partial charge in [0.1, 0.15) is 11.6 Å². The number of aromatic hydroxyl groups is 1. The Hall–Kier alpha value is -2.40. The first-order valence-corrected chi connectivity index (χ1v) is 6.45. The summed E-state index contributed by atoms with van der Waals surface area (Å²) in [5, 5.41) is 13.7. The molecule has 0 aromatic heterocycles. The highest BCUT2D eigenvalue weighted by molar-refractivity contribution is 6.31. The fourth-order valence-corrected chi connectivity index (χ4v) is 1.87. The van der Waals surface area contributed by atoms with Crippen molar-refractivity contribution in [2.75, 3.05) is 0 Å². The fourth-order valence-electron chi connectivity index (χ4n) is 1.70. The fraction of sp³-hybridized carbons (Fsp3) is 0.0667. The SMILES string of the molecule is C/C(=N/NC(=O)c1cc(Cl)ccc1O)c1ccccc1F. The third-order valence-electron chi connectivity index (χ3n) is 2.79. The number of nitrogens with zero attached hydrogens (tertiary/aromatic N) is 1. The van der Waals surface area contributed by atoms with Crippen LogP contribution in [0, 0.1) is 5.82 Å². The number of benzene rings is 2. The molecule has 0 aliphatic rings. The molecule has 0 fully saturated rings. The predicted octanol–water partition coefficient (Wildman–Crippen LogP) is 3.34. The lowest BCUT2D eigenvalue weighted by Gasteiger charge is -2.05. The van der Waals surface area contributed by atoms with Crippen LogP contribution in [0.1, 0.15) is 22.8 Å². The summed E-state index contributed by atoms with van der Waals surface area (Å²) in [5.41, 5.74) is 2.84. The standard InChI is InChI=1S/C15H12ClFN2O2/c1-9(11-4-2-3-5-13(11)17)18-19-15(21)12-8-10(16)6-7-14(12)20/h2-8,20H,1H3,(H,19,21)/b18-9-. The van der Waals surface area contributed by atoms with Gasteiger partial charge in [-0.1, -0.05) is 29.8 Å².